The summed E-state index contributed by atoms with van der Waals surface area (Å²) in [5, 5.41) is 21.1. The molecule has 2 amide bonds. The Morgan fingerprint density at radius 1 is 1.21 bits per heavy atom. The van der Waals surface area contributed by atoms with Gasteiger partial charge in [0, 0.05) is 6.54 Å². The molecule has 4 N–H and O–H groups in total. The lowest BCUT2D eigenvalue weighted by Crippen LogP contribution is -2.47. The Kier molecular flexibility index (Phi) is 8.09. The van der Waals surface area contributed by atoms with Gasteiger partial charge in [0.05, 0.1) is 13.0 Å². The number of carbonyl (C=O) groups is 3. The topological polar surface area (TPSA) is 125 Å². The van der Waals surface area contributed by atoms with Crippen LogP contribution in [0.2, 0.25) is 0 Å². The minimum atomic E-state index is -2.61. The van der Waals surface area contributed by atoms with Crippen molar-refractivity contribution in [2.75, 3.05) is 19.8 Å². The predicted octanol–water partition coefficient (Wildman–Crippen LogP) is -0.505. The lowest BCUT2D eigenvalue weighted by Gasteiger charge is -2.13. The standard InChI is InChI=1S/C9H14F2N2O6/c10-6(11)4-19-2-1-12-9(18)13-5(8(16)17)3-7(14)15/h5-6H,1-4H2,(H,14,15)(H,16,17)(H2,12,13,18). The lowest BCUT2D eigenvalue weighted by atomic mass is 10.2. The predicted molar refractivity (Wildman–Crippen MR) is 57.0 cm³/mol. The molecule has 10 heteroatoms. The highest BCUT2D eigenvalue weighted by atomic mass is 19.3. The van der Waals surface area contributed by atoms with Crippen molar-refractivity contribution < 1.29 is 38.1 Å². The molecule has 0 radical (unpaired) electrons. The van der Waals surface area contributed by atoms with Gasteiger partial charge in [-0.1, -0.05) is 0 Å². The van der Waals surface area contributed by atoms with Gasteiger partial charge in [-0.2, -0.15) is 0 Å². The van der Waals surface area contributed by atoms with Crippen LogP contribution in [0.4, 0.5) is 13.6 Å². The van der Waals surface area contributed by atoms with E-state index in [0.717, 1.165) is 0 Å². The second-order valence-corrected chi connectivity index (χ2v) is 3.35. The van der Waals surface area contributed by atoms with Crippen molar-refractivity contribution >= 4 is 18.0 Å². The van der Waals surface area contributed by atoms with E-state index in [4.69, 9.17) is 10.2 Å². The van der Waals surface area contributed by atoms with Crippen LogP contribution in [0.3, 0.4) is 0 Å². The first-order valence-electron chi connectivity index (χ1n) is 5.17. The third kappa shape index (κ3) is 9.71. The molecule has 8 nitrogen and oxygen atoms in total. The maximum absolute atomic E-state index is 11.7. The number of alkyl halides is 2. The maximum atomic E-state index is 11.7. The van der Waals surface area contributed by atoms with Gasteiger partial charge in [-0.05, 0) is 0 Å². The number of aliphatic carboxylic acids is 2. The monoisotopic (exact) mass is 284 g/mol. The van der Waals surface area contributed by atoms with Crippen LogP contribution in [0.15, 0.2) is 0 Å². The van der Waals surface area contributed by atoms with E-state index in [1.807, 2.05) is 5.32 Å². The zero-order chi connectivity index (χ0) is 14.8. The van der Waals surface area contributed by atoms with Gasteiger partial charge in [0.2, 0.25) is 0 Å². The number of carboxylic acid groups (broad SMARTS) is 2. The molecule has 0 saturated heterocycles. The SMILES string of the molecule is O=C(O)CC(NC(=O)NCCOCC(F)F)C(=O)O. The molecule has 0 aliphatic carbocycles. The molecule has 0 aliphatic heterocycles. The van der Waals surface area contributed by atoms with E-state index in [2.05, 4.69) is 10.1 Å². The fourth-order valence-electron chi connectivity index (χ4n) is 0.993. The number of halogens is 2. The van der Waals surface area contributed by atoms with E-state index >= 15 is 0 Å². The number of hydrogen-bond acceptors (Lipinski definition) is 4. The normalized spacial score (nSPS) is 11.9. The fourth-order valence-corrected chi connectivity index (χ4v) is 0.993. The van der Waals surface area contributed by atoms with Crippen molar-refractivity contribution in [3.63, 3.8) is 0 Å². The zero-order valence-electron chi connectivity index (χ0n) is 9.77. The summed E-state index contributed by atoms with van der Waals surface area (Å²) in [6.07, 6.45) is -3.38. The second kappa shape index (κ2) is 9.03. The smallest absolute Gasteiger partial charge is 0.326 e. The number of hydrogen-bond donors (Lipinski definition) is 4. The summed E-state index contributed by atoms with van der Waals surface area (Å²) < 4.78 is 27.8. The van der Waals surface area contributed by atoms with Crippen LogP contribution in [-0.2, 0) is 14.3 Å². The molecule has 1 unspecified atom stereocenters. The molecule has 0 rings (SSSR count). The summed E-state index contributed by atoms with van der Waals surface area (Å²) in [6.45, 7) is -1.05. The molecule has 0 aromatic carbocycles. The fraction of sp³-hybridized carbons (Fsp3) is 0.667. The number of nitrogens with one attached hydrogen (secondary N) is 2. The molecule has 19 heavy (non-hydrogen) atoms. The molecule has 0 heterocycles. The number of carboxylic acids is 2. The van der Waals surface area contributed by atoms with Gasteiger partial charge in [-0.15, -0.1) is 0 Å². The van der Waals surface area contributed by atoms with Crippen LogP contribution in [-0.4, -0.2) is 60.4 Å². The number of rotatable bonds is 9. The Labute approximate surface area is 106 Å². The molecule has 0 aliphatic rings. The summed E-state index contributed by atoms with van der Waals surface area (Å²) in [5.74, 6) is -2.88. The molecule has 0 spiro atoms. The first kappa shape index (κ1) is 17.0. The highest BCUT2D eigenvalue weighted by molar-refractivity contribution is 5.86. The van der Waals surface area contributed by atoms with Gasteiger partial charge in [-0.3, -0.25) is 4.79 Å². The molecule has 0 bridgehead atoms. The molecular formula is C9H14F2N2O6. The summed E-state index contributed by atoms with van der Waals surface area (Å²) in [6, 6.07) is -2.49. The van der Waals surface area contributed by atoms with E-state index in [1.165, 1.54) is 0 Å². The third-order valence-corrected chi connectivity index (χ3v) is 1.76. The van der Waals surface area contributed by atoms with Crippen molar-refractivity contribution in [3.05, 3.63) is 0 Å². The van der Waals surface area contributed by atoms with E-state index in [-0.39, 0.29) is 13.2 Å². The molecule has 0 aromatic rings. The van der Waals surface area contributed by atoms with Gasteiger partial charge >= 0.3 is 18.0 Å². The average Bonchev–Trinajstić information content (AvgIpc) is 2.26. The number of amides is 2. The van der Waals surface area contributed by atoms with Crippen molar-refractivity contribution in [1.29, 1.82) is 0 Å². The van der Waals surface area contributed by atoms with Crippen molar-refractivity contribution in [3.8, 4) is 0 Å². The molecule has 0 saturated carbocycles. The van der Waals surface area contributed by atoms with Gasteiger partial charge in [0.1, 0.15) is 12.6 Å². The minimum absolute atomic E-state index is 0.113. The Bertz CT molecular complexity index is 326. The summed E-state index contributed by atoms with van der Waals surface area (Å²) in [4.78, 5) is 32.1. The van der Waals surface area contributed by atoms with Gasteiger partial charge in [-0.25, -0.2) is 18.4 Å². The quantitative estimate of drug-likeness (QED) is 0.423. The Hall–Kier alpha value is -1.97. The van der Waals surface area contributed by atoms with Crippen LogP contribution >= 0.6 is 0 Å². The van der Waals surface area contributed by atoms with Crippen LogP contribution in [0.5, 0.6) is 0 Å². The highest BCUT2D eigenvalue weighted by Gasteiger charge is 2.22. The van der Waals surface area contributed by atoms with E-state index < -0.39 is 43.5 Å². The van der Waals surface area contributed by atoms with Gasteiger partial charge in [0.15, 0.2) is 0 Å². The highest BCUT2D eigenvalue weighted by Crippen LogP contribution is 1.93. The average molecular weight is 284 g/mol. The van der Waals surface area contributed by atoms with E-state index in [9.17, 15) is 23.2 Å². The zero-order valence-corrected chi connectivity index (χ0v) is 9.77. The summed E-state index contributed by atoms with van der Waals surface area (Å²) in [7, 11) is 0. The van der Waals surface area contributed by atoms with E-state index in [1.54, 1.807) is 0 Å². The van der Waals surface area contributed by atoms with Crippen molar-refractivity contribution in [1.82, 2.24) is 10.6 Å². The lowest BCUT2D eigenvalue weighted by molar-refractivity contribution is -0.145. The second-order valence-electron chi connectivity index (χ2n) is 3.35. The largest absolute Gasteiger partial charge is 0.481 e. The first-order chi connectivity index (χ1) is 8.82. The summed E-state index contributed by atoms with van der Waals surface area (Å²) >= 11 is 0. The molecule has 110 valence electrons. The van der Waals surface area contributed by atoms with Crippen molar-refractivity contribution in [2.24, 2.45) is 0 Å². The Morgan fingerprint density at radius 2 is 1.84 bits per heavy atom. The molecule has 0 fully saturated rings. The van der Waals surface area contributed by atoms with Crippen LogP contribution < -0.4 is 10.6 Å². The van der Waals surface area contributed by atoms with Crippen LogP contribution in [0, 0.1) is 0 Å². The van der Waals surface area contributed by atoms with Crippen molar-refractivity contribution in [2.45, 2.75) is 18.9 Å². The molecule has 1 atom stereocenters. The van der Waals surface area contributed by atoms with Gasteiger partial charge in [0.25, 0.3) is 6.43 Å². The van der Waals surface area contributed by atoms with E-state index in [0.29, 0.717) is 0 Å². The minimum Gasteiger partial charge on any atom is -0.481 e. The Morgan fingerprint density at radius 3 is 2.32 bits per heavy atom. The molecule has 0 aromatic heterocycles. The first-order valence-corrected chi connectivity index (χ1v) is 5.17. The summed E-state index contributed by atoms with van der Waals surface area (Å²) in [5.41, 5.74) is 0. The Balaban J connectivity index is 3.87. The maximum Gasteiger partial charge on any atom is 0.326 e. The number of carbonyl (C=O) groups excluding carboxylic acids is 1. The molecular weight excluding hydrogens is 270 g/mol. The third-order valence-electron chi connectivity index (χ3n) is 1.76. The number of ether oxygens (including phenoxy) is 1. The van der Waals surface area contributed by atoms with Gasteiger partial charge < -0.3 is 25.6 Å². The van der Waals surface area contributed by atoms with Crippen LogP contribution in [0.25, 0.3) is 0 Å². The number of urea groups is 1. The van der Waals surface area contributed by atoms with Crippen LogP contribution in [0.1, 0.15) is 6.42 Å².